The average Bonchev–Trinajstić information content (AvgIpc) is 2.39. The second-order valence-corrected chi connectivity index (χ2v) is 5.28. The van der Waals surface area contributed by atoms with Gasteiger partial charge < -0.3 is 9.84 Å². The molecular formula is C14H9BrClFO3. The number of carboxylic acid groups (broad SMARTS) is 1. The summed E-state index contributed by atoms with van der Waals surface area (Å²) in [5.74, 6) is -1.81. The molecule has 2 aromatic rings. The van der Waals surface area contributed by atoms with Gasteiger partial charge in [-0.1, -0.05) is 17.7 Å². The van der Waals surface area contributed by atoms with Crippen molar-refractivity contribution in [3.05, 3.63) is 56.8 Å². The maximum atomic E-state index is 14.1. The van der Waals surface area contributed by atoms with E-state index in [0.717, 1.165) is 5.56 Å². The number of hydrogen-bond donors (Lipinski definition) is 1. The lowest BCUT2D eigenvalue weighted by atomic mass is 10.2. The van der Waals surface area contributed by atoms with Gasteiger partial charge in [-0.05, 0) is 52.7 Å². The van der Waals surface area contributed by atoms with Crippen molar-refractivity contribution in [2.75, 3.05) is 0 Å². The molecule has 20 heavy (non-hydrogen) atoms. The van der Waals surface area contributed by atoms with Gasteiger partial charge in [0.15, 0.2) is 11.6 Å². The lowest BCUT2D eigenvalue weighted by Gasteiger charge is -2.11. The van der Waals surface area contributed by atoms with Gasteiger partial charge in [0.25, 0.3) is 0 Å². The Morgan fingerprint density at radius 1 is 1.30 bits per heavy atom. The number of aryl methyl sites for hydroxylation is 1. The molecule has 0 fully saturated rings. The number of halogens is 3. The highest BCUT2D eigenvalue weighted by atomic mass is 79.9. The molecule has 0 aromatic heterocycles. The minimum Gasteiger partial charge on any atom is -0.478 e. The van der Waals surface area contributed by atoms with E-state index in [2.05, 4.69) is 15.9 Å². The van der Waals surface area contributed by atoms with E-state index in [4.69, 9.17) is 21.4 Å². The molecular weight excluding hydrogens is 351 g/mol. The summed E-state index contributed by atoms with van der Waals surface area (Å²) < 4.78 is 19.3. The van der Waals surface area contributed by atoms with Crippen LogP contribution >= 0.6 is 27.5 Å². The van der Waals surface area contributed by atoms with Crippen LogP contribution in [-0.4, -0.2) is 11.1 Å². The largest absolute Gasteiger partial charge is 0.478 e. The van der Waals surface area contributed by atoms with E-state index >= 15 is 0 Å². The minimum absolute atomic E-state index is 0.102. The minimum atomic E-state index is -1.23. The number of hydrogen-bond acceptors (Lipinski definition) is 2. The molecule has 0 saturated carbocycles. The molecule has 0 saturated heterocycles. The van der Waals surface area contributed by atoms with Crippen molar-refractivity contribution >= 4 is 33.5 Å². The fourth-order valence-electron chi connectivity index (χ4n) is 1.58. The normalized spacial score (nSPS) is 10.4. The third-order valence-electron chi connectivity index (χ3n) is 2.58. The Hall–Kier alpha value is -1.59. The first-order chi connectivity index (χ1) is 9.40. The highest BCUT2D eigenvalue weighted by Crippen LogP contribution is 2.35. The summed E-state index contributed by atoms with van der Waals surface area (Å²) in [4.78, 5) is 10.9. The lowest BCUT2D eigenvalue weighted by Crippen LogP contribution is -2.01. The van der Waals surface area contributed by atoms with Crippen LogP contribution in [0.15, 0.2) is 34.8 Å². The third kappa shape index (κ3) is 2.94. The summed E-state index contributed by atoms with van der Waals surface area (Å²) in [7, 11) is 0. The third-order valence-corrected chi connectivity index (χ3v) is 3.67. The smallest absolute Gasteiger partial charge is 0.336 e. The van der Waals surface area contributed by atoms with Crippen LogP contribution in [0.2, 0.25) is 5.02 Å². The molecule has 0 unspecified atom stereocenters. The average molecular weight is 360 g/mol. The molecule has 0 amide bonds. The molecule has 0 aliphatic carbocycles. The lowest BCUT2D eigenvalue weighted by molar-refractivity contribution is 0.0695. The molecule has 2 rings (SSSR count). The number of benzene rings is 2. The predicted molar refractivity (Wildman–Crippen MR) is 77.3 cm³/mol. The molecule has 1 N–H and O–H groups in total. The standard InChI is InChI=1S/C14H9BrClFO3/c1-7-2-4-9(16)11(6-7)20-10-5-3-8(14(18)19)12(15)13(10)17/h2-6H,1H3,(H,18,19). The van der Waals surface area contributed by atoms with Crippen molar-refractivity contribution in [2.45, 2.75) is 6.92 Å². The van der Waals surface area contributed by atoms with Gasteiger partial charge in [0.2, 0.25) is 0 Å². The van der Waals surface area contributed by atoms with Gasteiger partial charge >= 0.3 is 5.97 Å². The fourth-order valence-corrected chi connectivity index (χ4v) is 2.24. The van der Waals surface area contributed by atoms with E-state index in [-0.39, 0.29) is 15.8 Å². The number of rotatable bonds is 3. The van der Waals surface area contributed by atoms with E-state index in [1.807, 2.05) is 6.92 Å². The number of carboxylic acids is 1. The Balaban J connectivity index is 2.42. The Morgan fingerprint density at radius 2 is 2.00 bits per heavy atom. The van der Waals surface area contributed by atoms with Gasteiger partial charge in [0, 0.05) is 0 Å². The zero-order valence-corrected chi connectivity index (χ0v) is 12.6. The van der Waals surface area contributed by atoms with Gasteiger partial charge in [-0.15, -0.1) is 0 Å². The molecule has 0 radical (unpaired) electrons. The van der Waals surface area contributed by atoms with E-state index < -0.39 is 11.8 Å². The second kappa shape index (κ2) is 5.81. The molecule has 6 heteroatoms. The van der Waals surface area contributed by atoms with Crippen molar-refractivity contribution in [3.63, 3.8) is 0 Å². The highest BCUT2D eigenvalue weighted by Gasteiger charge is 2.17. The van der Waals surface area contributed by atoms with E-state index in [0.29, 0.717) is 10.8 Å². The van der Waals surface area contributed by atoms with Crippen LogP contribution in [0, 0.1) is 12.7 Å². The maximum absolute atomic E-state index is 14.1. The van der Waals surface area contributed by atoms with Crippen molar-refractivity contribution in [1.82, 2.24) is 0 Å². The fraction of sp³-hybridized carbons (Fsp3) is 0.0714. The van der Waals surface area contributed by atoms with Crippen LogP contribution in [-0.2, 0) is 0 Å². The molecule has 0 heterocycles. The first-order valence-electron chi connectivity index (χ1n) is 5.55. The van der Waals surface area contributed by atoms with Crippen LogP contribution < -0.4 is 4.74 Å². The molecule has 0 spiro atoms. The van der Waals surface area contributed by atoms with Crippen LogP contribution in [0.1, 0.15) is 15.9 Å². The van der Waals surface area contributed by atoms with Gasteiger partial charge in [-0.2, -0.15) is 0 Å². The number of aromatic carboxylic acids is 1. The molecule has 0 atom stereocenters. The quantitative estimate of drug-likeness (QED) is 0.835. The van der Waals surface area contributed by atoms with E-state index in [1.165, 1.54) is 12.1 Å². The van der Waals surface area contributed by atoms with Gasteiger partial charge in [-0.3, -0.25) is 0 Å². The molecule has 3 nitrogen and oxygen atoms in total. The Kier molecular flexibility index (Phi) is 4.30. The summed E-state index contributed by atoms with van der Waals surface area (Å²) in [6, 6.07) is 7.62. The second-order valence-electron chi connectivity index (χ2n) is 4.08. The highest BCUT2D eigenvalue weighted by molar-refractivity contribution is 9.10. The Labute approximate surface area is 128 Å². The van der Waals surface area contributed by atoms with Gasteiger partial charge in [0.1, 0.15) is 5.75 Å². The number of ether oxygens (including phenoxy) is 1. The van der Waals surface area contributed by atoms with Crippen molar-refractivity contribution in [1.29, 1.82) is 0 Å². The molecule has 0 bridgehead atoms. The Bertz CT molecular complexity index is 688. The molecule has 2 aromatic carbocycles. The zero-order chi connectivity index (χ0) is 14.9. The first-order valence-corrected chi connectivity index (χ1v) is 6.72. The monoisotopic (exact) mass is 358 g/mol. The van der Waals surface area contributed by atoms with Gasteiger partial charge in [0.05, 0.1) is 15.1 Å². The van der Waals surface area contributed by atoms with Crippen molar-refractivity contribution < 1.29 is 19.0 Å². The SMILES string of the molecule is Cc1ccc(Cl)c(Oc2ccc(C(=O)O)c(Br)c2F)c1. The first kappa shape index (κ1) is 14.8. The molecule has 0 aliphatic rings. The van der Waals surface area contributed by atoms with Crippen LogP contribution in [0.25, 0.3) is 0 Å². The number of carbonyl (C=O) groups is 1. The van der Waals surface area contributed by atoms with E-state index in [9.17, 15) is 9.18 Å². The summed E-state index contributed by atoms with van der Waals surface area (Å²) in [5, 5.41) is 9.23. The molecule has 0 aliphatic heterocycles. The van der Waals surface area contributed by atoms with E-state index in [1.54, 1.807) is 18.2 Å². The summed E-state index contributed by atoms with van der Waals surface area (Å²) in [6.07, 6.45) is 0. The summed E-state index contributed by atoms with van der Waals surface area (Å²) in [6.45, 7) is 1.85. The Morgan fingerprint density at radius 3 is 2.65 bits per heavy atom. The van der Waals surface area contributed by atoms with Crippen LogP contribution in [0.4, 0.5) is 4.39 Å². The van der Waals surface area contributed by atoms with Crippen LogP contribution in [0.3, 0.4) is 0 Å². The maximum Gasteiger partial charge on any atom is 0.336 e. The molecule has 104 valence electrons. The van der Waals surface area contributed by atoms with Crippen molar-refractivity contribution in [2.24, 2.45) is 0 Å². The topological polar surface area (TPSA) is 46.5 Å². The zero-order valence-electron chi connectivity index (χ0n) is 10.3. The predicted octanol–water partition coefficient (Wildman–Crippen LogP) is 5.04. The summed E-state index contributed by atoms with van der Waals surface area (Å²) in [5.41, 5.74) is 0.733. The van der Waals surface area contributed by atoms with Crippen LogP contribution in [0.5, 0.6) is 11.5 Å². The summed E-state index contributed by atoms with van der Waals surface area (Å²) >= 11 is 8.88. The van der Waals surface area contributed by atoms with Crippen molar-refractivity contribution in [3.8, 4) is 11.5 Å². The van der Waals surface area contributed by atoms with Gasteiger partial charge in [-0.25, -0.2) is 9.18 Å².